The molecule has 0 radical (unpaired) electrons. The molecule has 0 nitrogen and oxygen atoms in total. The van der Waals surface area contributed by atoms with E-state index in [1.807, 2.05) is 25.1 Å². The summed E-state index contributed by atoms with van der Waals surface area (Å²) in [5.74, 6) is 0.109. The molecular weight excluding hydrogens is 266 g/mol. The number of benzene rings is 1. The second-order valence-corrected chi connectivity index (χ2v) is 6.15. The fraction of sp³-hybridized carbons (Fsp3) is 0.429. The average molecular weight is 285 g/mol. The van der Waals surface area contributed by atoms with E-state index in [0.717, 1.165) is 23.7 Å². The first-order valence-corrected chi connectivity index (χ1v) is 7.59. The van der Waals surface area contributed by atoms with Crippen LogP contribution in [-0.2, 0) is 0 Å². The van der Waals surface area contributed by atoms with Crippen LogP contribution in [0, 0.1) is 0 Å². The third kappa shape index (κ3) is 4.51. The Balaban J connectivity index is 2.71. The van der Waals surface area contributed by atoms with Crippen molar-refractivity contribution in [3.05, 3.63) is 40.6 Å². The van der Waals surface area contributed by atoms with E-state index in [-0.39, 0.29) is 20.8 Å². The fourth-order valence-corrected chi connectivity index (χ4v) is 3.67. The number of rotatable bonds is 6. The molecule has 2 heteroatoms. The van der Waals surface area contributed by atoms with Gasteiger partial charge in [-0.15, -0.1) is 0 Å². The van der Waals surface area contributed by atoms with Gasteiger partial charge in [0.15, 0.2) is 0 Å². The van der Waals surface area contributed by atoms with Gasteiger partial charge in [-0.2, -0.15) is 0 Å². The topological polar surface area (TPSA) is 0 Å². The van der Waals surface area contributed by atoms with E-state index >= 15 is 0 Å². The molecule has 0 aliphatic heterocycles. The molecule has 0 N–H and O–H groups in total. The standard InChI is InChI=1S/C14H19FSe/c1-3-5-11-14(13(15)4-2)16-12-9-7-6-8-10-12/h6-10H,3-5,11H2,1-2H3/b14-13+. The predicted molar refractivity (Wildman–Crippen MR) is 69.8 cm³/mol. The Bertz CT molecular complexity index is 330. The van der Waals surface area contributed by atoms with Gasteiger partial charge in [0.25, 0.3) is 0 Å². The summed E-state index contributed by atoms with van der Waals surface area (Å²) in [4.78, 5) is 0. The molecule has 1 aromatic rings. The molecule has 0 fully saturated rings. The monoisotopic (exact) mass is 286 g/mol. The second kappa shape index (κ2) is 7.65. The van der Waals surface area contributed by atoms with Gasteiger partial charge in [-0.1, -0.05) is 0 Å². The summed E-state index contributed by atoms with van der Waals surface area (Å²) in [5.41, 5.74) is 0. The van der Waals surface area contributed by atoms with Gasteiger partial charge in [0.1, 0.15) is 0 Å². The van der Waals surface area contributed by atoms with Crippen LogP contribution in [0.2, 0.25) is 0 Å². The first-order chi connectivity index (χ1) is 7.77. The van der Waals surface area contributed by atoms with Crippen LogP contribution in [0.5, 0.6) is 0 Å². The van der Waals surface area contributed by atoms with Crippen molar-refractivity contribution < 1.29 is 4.39 Å². The molecule has 0 aliphatic carbocycles. The zero-order chi connectivity index (χ0) is 11.8. The van der Waals surface area contributed by atoms with Gasteiger partial charge >= 0.3 is 104 Å². The Kier molecular flexibility index (Phi) is 6.44. The minimum absolute atomic E-state index is 0.109. The molecule has 0 bridgehead atoms. The molecule has 88 valence electrons. The van der Waals surface area contributed by atoms with Crippen molar-refractivity contribution >= 4 is 19.4 Å². The van der Waals surface area contributed by atoms with E-state index in [9.17, 15) is 4.39 Å². The average Bonchev–Trinajstić information content (AvgIpc) is 2.34. The van der Waals surface area contributed by atoms with Crippen molar-refractivity contribution in [3.63, 3.8) is 0 Å². The normalized spacial score (nSPS) is 12.4. The van der Waals surface area contributed by atoms with E-state index < -0.39 is 0 Å². The van der Waals surface area contributed by atoms with Crippen LogP contribution in [0.1, 0.15) is 39.5 Å². The third-order valence-electron chi connectivity index (χ3n) is 2.35. The van der Waals surface area contributed by atoms with E-state index in [4.69, 9.17) is 0 Å². The Morgan fingerprint density at radius 2 is 1.88 bits per heavy atom. The van der Waals surface area contributed by atoms with Gasteiger partial charge in [-0.25, -0.2) is 0 Å². The second-order valence-electron chi connectivity index (χ2n) is 3.70. The summed E-state index contributed by atoms with van der Waals surface area (Å²) < 4.78 is 16.0. The molecule has 16 heavy (non-hydrogen) atoms. The molecule has 1 rings (SSSR count). The van der Waals surface area contributed by atoms with Crippen LogP contribution in [0.3, 0.4) is 0 Å². The summed E-state index contributed by atoms with van der Waals surface area (Å²) in [6.07, 6.45) is 3.68. The summed E-state index contributed by atoms with van der Waals surface area (Å²) in [5, 5.41) is 0. The minimum atomic E-state index is 0.109. The van der Waals surface area contributed by atoms with E-state index in [1.165, 1.54) is 4.46 Å². The molecule has 0 atom stereocenters. The first kappa shape index (κ1) is 13.5. The van der Waals surface area contributed by atoms with Crippen LogP contribution in [0.4, 0.5) is 4.39 Å². The number of allylic oxidation sites excluding steroid dienone is 2. The number of halogens is 1. The molecule has 0 unspecified atom stereocenters. The van der Waals surface area contributed by atoms with E-state index in [2.05, 4.69) is 19.1 Å². The van der Waals surface area contributed by atoms with Gasteiger partial charge in [-0.05, 0) is 0 Å². The van der Waals surface area contributed by atoms with Crippen LogP contribution in [0.15, 0.2) is 40.6 Å². The quantitative estimate of drug-likeness (QED) is 0.697. The zero-order valence-corrected chi connectivity index (χ0v) is 11.7. The summed E-state index contributed by atoms with van der Waals surface area (Å²) in [6, 6.07) is 10.2. The fourth-order valence-electron chi connectivity index (χ4n) is 1.41. The summed E-state index contributed by atoms with van der Waals surface area (Å²) >= 11 is 0.163. The Morgan fingerprint density at radius 1 is 1.19 bits per heavy atom. The zero-order valence-electron chi connectivity index (χ0n) is 10.0. The number of hydrogen-bond donors (Lipinski definition) is 0. The van der Waals surface area contributed by atoms with Gasteiger partial charge in [0.05, 0.1) is 0 Å². The maximum atomic E-state index is 13.7. The summed E-state index contributed by atoms with van der Waals surface area (Å²) in [7, 11) is 0. The van der Waals surface area contributed by atoms with Gasteiger partial charge in [0.2, 0.25) is 0 Å². The SMILES string of the molecule is CCCC/C([Se]c1ccccc1)=C(\F)CC. The van der Waals surface area contributed by atoms with Crippen molar-refractivity contribution in [1.82, 2.24) is 0 Å². The predicted octanol–water partition coefficient (Wildman–Crippen LogP) is 3.80. The molecule has 0 saturated carbocycles. The van der Waals surface area contributed by atoms with Crippen molar-refractivity contribution in [1.29, 1.82) is 0 Å². The third-order valence-corrected chi connectivity index (χ3v) is 4.83. The molecule has 0 amide bonds. The molecule has 0 spiro atoms. The molecule has 0 heterocycles. The van der Waals surface area contributed by atoms with Gasteiger partial charge < -0.3 is 0 Å². The summed E-state index contributed by atoms with van der Waals surface area (Å²) in [6.45, 7) is 4.04. The molecule has 0 saturated heterocycles. The van der Waals surface area contributed by atoms with Crippen molar-refractivity contribution in [2.24, 2.45) is 0 Å². The van der Waals surface area contributed by atoms with Crippen LogP contribution < -0.4 is 4.46 Å². The molecular formula is C14H19FSe. The first-order valence-electron chi connectivity index (χ1n) is 5.88. The van der Waals surface area contributed by atoms with Gasteiger partial charge in [0, 0.05) is 0 Å². The number of unbranched alkanes of at least 4 members (excludes halogenated alkanes) is 1. The Labute approximate surface area is 104 Å². The van der Waals surface area contributed by atoms with E-state index in [0.29, 0.717) is 6.42 Å². The van der Waals surface area contributed by atoms with Crippen LogP contribution in [0.25, 0.3) is 0 Å². The van der Waals surface area contributed by atoms with Crippen LogP contribution >= 0.6 is 0 Å². The maximum absolute atomic E-state index is 13.7. The van der Waals surface area contributed by atoms with E-state index in [1.54, 1.807) is 0 Å². The molecule has 0 aromatic heterocycles. The Hall–Kier alpha value is -0.591. The van der Waals surface area contributed by atoms with Gasteiger partial charge in [-0.3, -0.25) is 0 Å². The van der Waals surface area contributed by atoms with Crippen molar-refractivity contribution in [2.45, 2.75) is 39.5 Å². The van der Waals surface area contributed by atoms with Crippen molar-refractivity contribution in [3.8, 4) is 0 Å². The molecule has 0 aliphatic rings. The van der Waals surface area contributed by atoms with Crippen molar-refractivity contribution in [2.75, 3.05) is 0 Å². The Morgan fingerprint density at radius 3 is 2.44 bits per heavy atom. The van der Waals surface area contributed by atoms with Crippen LogP contribution in [-0.4, -0.2) is 15.0 Å². The number of hydrogen-bond acceptors (Lipinski definition) is 0. The molecule has 1 aromatic carbocycles.